The average Bonchev–Trinajstić information content (AvgIpc) is 2.90. The quantitative estimate of drug-likeness (QED) is 0.703. The zero-order valence-electron chi connectivity index (χ0n) is 13.5. The maximum Gasteiger partial charge on any atom is 0.0967 e. The first-order chi connectivity index (χ1) is 10.5. The van der Waals surface area contributed by atoms with E-state index in [-0.39, 0.29) is 0 Å². The van der Waals surface area contributed by atoms with Crippen molar-refractivity contribution in [2.24, 2.45) is 0 Å². The number of hydrogen-bond acceptors (Lipinski definition) is 3. The molecule has 22 heavy (non-hydrogen) atoms. The van der Waals surface area contributed by atoms with Crippen LogP contribution in [0.1, 0.15) is 42.5 Å². The fourth-order valence-electron chi connectivity index (χ4n) is 3.13. The molecule has 1 aliphatic rings. The standard InChI is InChI=1S/C18H23BrN2S/c1-12(2)21-10-8-15(9-11-21)18-20-17(13(3)22-18)14-4-6-16(19)7-5-14/h4-7,12,15H,8-11H2,1-3H3. The van der Waals surface area contributed by atoms with Crippen molar-refractivity contribution in [1.29, 1.82) is 0 Å². The van der Waals surface area contributed by atoms with Crippen molar-refractivity contribution in [2.75, 3.05) is 13.1 Å². The molecule has 0 saturated carbocycles. The Hall–Kier alpha value is -0.710. The van der Waals surface area contributed by atoms with E-state index in [0.29, 0.717) is 12.0 Å². The molecule has 1 aromatic carbocycles. The van der Waals surface area contributed by atoms with Crippen LogP contribution in [0.3, 0.4) is 0 Å². The predicted octanol–water partition coefficient (Wildman–Crippen LogP) is 5.47. The van der Waals surface area contributed by atoms with Gasteiger partial charge in [0.05, 0.1) is 10.7 Å². The van der Waals surface area contributed by atoms with Crippen molar-refractivity contribution < 1.29 is 0 Å². The van der Waals surface area contributed by atoms with Crippen LogP contribution in [0.15, 0.2) is 28.7 Å². The molecule has 0 aliphatic carbocycles. The first-order valence-corrected chi connectivity index (χ1v) is 9.63. The predicted molar refractivity (Wildman–Crippen MR) is 98.7 cm³/mol. The molecule has 0 N–H and O–H groups in total. The molecule has 0 amide bonds. The Morgan fingerprint density at radius 1 is 1.18 bits per heavy atom. The summed E-state index contributed by atoms with van der Waals surface area (Å²) >= 11 is 5.39. The van der Waals surface area contributed by atoms with Gasteiger partial charge in [0, 0.05) is 26.9 Å². The van der Waals surface area contributed by atoms with Crippen LogP contribution in [0.5, 0.6) is 0 Å². The number of piperidine rings is 1. The highest BCUT2D eigenvalue weighted by Gasteiger charge is 2.25. The first-order valence-electron chi connectivity index (χ1n) is 8.02. The van der Waals surface area contributed by atoms with Gasteiger partial charge in [-0.2, -0.15) is 0 Å². The lowest BCUT2D eigenvalue weighted by Crippen LogP contribution is -2.37. The number of benzene rings is 1. The lowest BCUT2D eigenvalue weighted by molar-refractivity contribution is 0.172. The molecule has 0 radical (unpaired) electrons. The van der Waals surface area contributed by atoms with E-state index < -0.39 is 0 Å². The topological polar surface area (TPSA) is 16.1 Å². The van der Waals surface area contributed by atoms with Gasteiger partial charge in [0.25, 0.3) is 0 Å². The molecule has 1 aromatic heterocycles. The lowest BCUT2D eigenvalue weighted by atomic mass is 9.96. The van der Waals surface area contributed by atoms with Crippen LogP contribution >= 0.6 is 27.3 Å². The second kappa shape index (κ2) is 6.81. The Bertz CT molecular complexity index is 625. The Morgan fingerprint density at radius 3 is 2.41 bits per heavy atom. The SMILES string of the molecule is Cc1sc(C2CCN(C(C)C)CC2)nc1-c1ccc(Br)cc1. The Kier molecular flexibility index (Phi) is 5.00. The molecule has 1 saturated heterocycles. The van der Waals surface area contributed by atoms with E-state index in [2.05, 4.69) is 65.9 Å². The van der Waals surface area contributed by atoms with Crippen molar-refractivity contribution in [3.63, 3.8) is 0 Å². The third-order valence-electron chi connectivity index (χ3n) is 4.54. The molecule has 0 spiro atoms. The van der Waals surface area contributed by atoms with E-state index in [9.17, 15) is 0 Å². The van der Waals surface area contributed by atoms with Gasteiger partial charge in [0.15, 0.2) is 0 Å². The summed E-state index contributed by atoms with van der Waals surface area (Å²) in [6, 6.07) is 9.15. The number of nitrogens with zero attached hydrogens (tertiary/aromatic N) is 2. The minimum absolute atomic E-state index is 0.642. The van der Waals surface area contributed by atoms with E-state index in [1.807, 2.05) is 11.3 Å². The summed E-state index contributed by atoms with van der Waals surface area (Å²) in [5, 5.41) is 1.33. The molecule has 118 valence electrons. The summed E-state index contributed by atoms with van der Waals surface area (Å²) in [5.41, 5.74) is 2.39. The molecule has 0 unspecified atom stereocenters. The van der Waals surface area contributed by atoms with Crippen LogP contribution < -0.4 is 0 Å². The van der Waals surface area contributed by atoms with Crippen LogP contribution in [0, 0.1) is 6.92 Å². The van der Waals surface area contributed by atoms with Crippen molar-refractivity contribution in [3.8, 4) is 11.3 Å². The van der Waals surface area contributed by atoms with Crippen LogP contribution in [0.25, 0.3) is 11.3 Å². The molecular formula is C18H23BrN2S. The summed E-state index contributed by atoms with van der Waals surface area (Å²) in [6.45, 7) is 9.18. The van der Waals surface area contributed by atoms with Crippen LogP contribution in [0.4, 0.5) is 0 Å². The van der Waals surface area contributed by atoms with Crippen LogP contribution in [0.2, 0.25) is 0 Å². The molecular weight excluding hydrogens is 356 g/mol. The van der Waals surface area contributed by atoms with Gasteiger partial charge < -0.3 is 4.90 Å². The van der Waals surface area contributed by atoms with E-state index in [0.717, 1.165) is 4.47 Å². The van der Waals surface area contributed by atoms with Gasteiger partial charge in [-0.25, -0.2) is 4.98 Å². The van der Waals surface area contributed by atoms with E-state index in [4.69, 9.17) is 4.98 Å². The fraction of sp³-hybridized carbons (Fsp3) is 0.500. The normalized spacial score (nSPS) is 17.3. The molecule has 1 fully saturated rings. The maximum absolute atomic E-state index is 4.99. The molecule has 4 heteroatoms. The minimum Gasteiger partial charge on any atom is -0.301 e. The summed E-state index contributed by atoms with van der Waals surface area (Å²) < 4.78 is 1.12. The number of aryl methyl sites for hydroxylation is 1. The van der Waals surface area contributed by atoms with Crippen molar-refractivity contribution in [3.05, 3.63) is 38.6 Å². The van der Waals surface area contributed by atoms with Crippen molar-refractivity contribution in [2.45, 2.75) is 45.6 Å². The zero-order valence-corrected chi connectivity index (χ0v) is 15.9. The van der Waals surface area contributed by atoms with Crippen LogP contribution in [-0.4, -0.2) is 29.0 Å². The van der Waals surface area contributed by atoms with Gasteiger partial charge in [0.2, 0.25) is 0 Å². The van der Waals surface area contributed by atoms with E-state index in [1.54, 1.807) is 0 Å². The van der Waals surface area contributed by atoms with Gasteiger partial charge in [0.1, 0.15) is 0 Å². The Morgan fingerprint density at radius 2 is 1.82 bits per heavy atom. The summed E-state index contributed by atoms with van der Waals surface area (Å²) in [6.07, 6.45) is 2.48. The molecule has 3 rings (SSSR count). The second-order valence-corrected chi connectivity index (χ2v) is 8.52. The number of thiazole rings is 1. The molecule has 2 nitrogen and oxygen atoms in total. The number of likely N-dealkylation sites (tertiary alicyclic amines) is 1. The smallest absolute Gasteiger partial charge is 0.0967 e. The van der Waals surface area contributed by atoms with Crippen molar-refractivity contribution in [1.82, 2.24) is 9.88 Å². The van der Waals surface area contributed by atoms with Gasteiger partial charge in [-0.05, 0) is 58.8 Å². The number of aromatic nitrogens is 1. The Balaban J connectivity index is 1.77. The minimum atomic E-state index is 0.642. The average molecular weight is 379 g/mol. The number of rotatable bonds is 3. The van der Waals surface area contributed by atoms with Crippen LogP contribution in [-0.2, 0) is 0 Å². The number of hydrogen-bond donors (Lipinski definition) is 0. The van der Waals surface area contributed by atoms with Crippen molar-refractivity contribution >= 4 is 27.3 Å². The van der Waals surface area contributed by atoms with Gasteiger partial charge in [-0.1, -0.05) is 28.1 Å². The largest absolute Gasteiger partial charge is 0.301 e. The third kappa shape index (κ3) is 3.44. The van der Waals surface area contributed by atoms with Gasteiger partial charge in [-0.3, -0.25) is 0 Å². The zero-order chi connectivity index (χ0) is 15.7. The fourth-order valence-corrected chi connectivity index (χ4v) is 4.51. The first kappa shape index (κ1) is 16.2. The monoisotopic (exact) mass is 378 g/mol. The summed E-state index contributed by atoms with van der Waals surface area (Å²) in [4.78, 5) is 8.90. The van der Waals surface area contributed by atoms with E-state index >= 15 is 0 Å². The summed E-state index contributed by atoms with van der Waals surface area (Å²) in [7, 11) is 0. The highest BCUT2D eigenvalue weighted by Crippen LogP contribution is 2.36. The number of halogens is 1. The molecule has 0 bridgehead atoms. The molecule has 2 aromatic rings. The van der Waals surface area contributed by atoms with E-state index in [1.165, 1.54) is 47.1 Å². The maximum atomic E-state index is 4.99. The second-order valence-electron chi connectivity index (χ2n) is 6.37. The van der Waals surface area contributed by atoms with Gasteiger partial charge in [-0.15, -0.1) is 11.3 Å². The highest BCUT2D eigenvalue weighted by molar-refractivity contribution is 9.10. The highest BCUT2D eigenvalue weighted by atomic mass is 79.9. The molecule has 1 aliphatic heterocycles. The summed E-state index contributed by atoms with van der Waals surface area (Å²) in [5.74, 6) is 0.642. The Labute approximate surface area is 145 Å². The molecule has 2 heterocycles. The molecule has 0 atom stereocenters. The van der Waals surface area contributed by atoms with Gasteiger partial charge >= 0.3 is 0 Å². The lowest BCUT2D eigenvalue weighted by Gasteiger charge is -2.33. The third-order valence-corrected chi connectivity index (χ3v) is 6.20.